The average molecular weight is 430 g/mol. The van der Waals surface area contributed by atoms with Crippen LogP contribution in [0.3, 0.4) is 0 Å². The lowest BCUT2D eigenvalue weighted by atomic mass is 9.90. The fourth-order valence-electron chi connectivity index (χ4n) is 4.82. The molecule has 7 nitrogen and oxygen atoms in total. The largest absolute Gasteiger partial charge is 0.366 e. The molecule has 2 aromatic heterocycles. The molecule has 2 atom stereocenters. The normalized spacial score (nSPS) is 23.1. The van der Waals surface area contributed by atoms with E-state index in [1.165, 1.54) is 0 Å². The highest BCUT2D eigenvalue weighted by atomic mass is 16.5. The number of aryl methyl sites for hydroxylation is 1. The fourth-order valence-corrected chi connectivity index (χ4v) is 4.82. The van der Waals surface area contributed by atoms with Gasteiger partial charge >= 0.3 is 0 Å². The van der Waals surface area contributed by atoms with Crippen LogP contribution in [0, 0.1) is 0 Å². The van der Waals surface area contributed by atoms with Crippen molar-refractivity contribution in [1.82, 2.24) is 19.7 Å². The molecule has 0 aliphatic carbocycles. The number of pyridine rings is 1. The Bertz CT molecular complexity index is 1250. The Hall–Kier alpha value is -3.16. The van der Waals surface area contributed by atoms with Gasteiger partial charge in [0.1, 0.15) is 18.1 Å². The zero-order valence-electron chi connectivity index (χ0n) is 18.4. The topological polar surface area (TPSA) is 72.6 Å². The second-order valence-electron chi connectivity index (χ2n) is 8.55. The average Bonchev–Trinajstić information content (AvgIpc) is 3.29. The highest BCUT2D eigenvalue weighted by Crippen LogP contribution is 2.29. The summed E-state index contributed by atoms with van der Waals surface area (Å²) in [7, 11) is 3.63. The number of piperidine rings is 1. The smallest absolute Gasteiger partial charge is 0.146 e. The van der Waals surface area contributed by atoms with Gasteiger partial charge in [-0.1, -0.05) is 24.3 Å². The first-order valence-corrected chi connectivity index (χ1v) is 11.0. The third-order valence-corrected chi connectivity index (χ3v) is 6.56. The van der Waals surface area contributed by atoms with E-state index in [1.807, 2.05) is 25.6 Å². The molecule has 0 N–H and O–H groups in total. The van der Waals surface area contributed by atoms with Gasteiger partial charge < -0.3 is 9.53 Å². The lowest BCUT2D eigenvalue weighted by Crippen LogP contribution is -2.60. The maximum Gasteiger partial charge on any atom is 0.146 e. The summed E-state index contributed by atoms with van der Waals surface area (Å²) in [6.45, 7) is 1.20. The Morgan fingerprint density at radius 1 is 1.09 bits per heavy atom. The molecular formula is C25H27N5O2. The molecule has 4 heterocycles. The number of hydrogen-bond acceptors (Lipinski definition) is 6. The van der Waals surface area contributed by atoms with Gasteiger partial charge in [0.25, 0.3) is 0 Å². The number of aldehydes is 1. The number of rotatable bonds is 5. The summed E-state index contributed by atoms with van der Waals surface area (Å²) in [6, 6.07) is 8.35. The monoisotopic (exact) mass is 429 g/mol. The van der Waals surface area contributed by atoms with Crippen LogP contribution in [0.4, 0.5) is 0 Å². The molecule has 0 spiro atoms. The van der Waals surface area contributed by atoms with Gasteiger partial charge in [0.2, 0.25) is 0 Å². The van der Waals surface area contributed by atoms with Crippen LogP contribution in [-0.2, 0) is 16.6 Å². The second kappa shape index (κ2) is 8.41. The number of nitrogens with zero attached hydrogens (tertiary/aromatic N) is 5. The summed E-state index contributed by atoms with van der Waals surface area (Å²) in [5.74, 6) is 0. The zero-order chi connectivity index (χ0) is 22.1. The summed E-state index contributed by atoms with van der Waals surface area (Å²) in [4.78, 5) is 23.9. The Morgan fingerprint density at radius 2 is 1.91 bits per heavy atom. The van der Waals surface area contributed by atoms with Crippen LogP contribution in [0.5, 0.6) is 0 Å². The first kappa shape index (κ1) is 20.7. The number of methoxy groups -OCH3 is 1. The van der Waals surface area contributed by atoms with Crippen LogP contribution in [-0.4, -0.2) is 57.9 Å². The van der Waals surface area contributed by atoms with Gasteiger partial charge in [-0.05, 0) is 36.5 Å². The molecule has 2 aliphatic rings. The van der Waals surface area contributed by atoms with Crippen molar-refractivity contribution in [2.75, 3.05) is 20.2 Å². The summed E-state index contributed by atoms with van der Waals surface area (Å²) in [5, 5.41) is 6.03. The number of benzene rings is 1. The molecule has 32 heavy (non-hydrogen) atoms. The van der Waals surface area contributed by atoms with E-state index in [0.717, 1.165) is 64.9 Å². The number of hydrogen-bond donors (Lipinski definition) is 0. The van der Waals surface area contributed by atoms with Gasteiger partial charge in [0.05, 0.1) is 24.3 Å². The highest BCUT2D eigenvalue weighted by Gasteiger charge is 2.41. The van der Waals surface area contributed by atoms with Crippen LogP contribution in [0.15, 0.2) is 54.0 Å². The van der Waals surface area contributed by atoms with Gasteiger partial charge in [-0.15, -0.1) is 0 Å². The SMILES string of the molecule is COC1CCCCN1[C@]1(C=O)C=c2c(-c3ccc(-c4cnn(C)c4)cc3)cncc2=NC1. The molecule has 164 valence electrons. The van der Waals surface area contributed by atoms with Gasteiger partial charge in [-0.25, -0.2) is 0 Å². The molecule has 0 saturated carbocycles. The number of ether oxygens (including phenoxy) is 1. The van der Waals surface area contributed by atoms with E-state index in [1.54, 1.807) is 18.0 Å². The van der Waals surface area contributed by atoms with Crippen molar-refractivity contribution in [3.63, 3.8) is 0 Å². The standard InChI is InChI=1S/C25H27N5O2/c1-29-15-20(12-28-29)18-6-8-19(9-7-18)22-13-26-14-23-21(22)11-25(17-31,16-27-23)30-10-4-3-5-24(30)32-2/h6-9,11-15,17,24H,3-5,10,16H2,1-2H3/t24?,25-/m1/s1. The maximum absolute atomic E-state index is 12.5. The zero-order valence-corrected chi connectivity index (χ0v) is 18.4. The number of aromatic nitrogens is 3. The highest BCUT2D eigenvalue weighted by molar-refractivity contribution is 5.79. The Balaban J connectivity index is 1.58. The first-order chi connectivity index (χ1) is 15.6. The third-order valence-electron chi connectivity index (χ3n) is 6.56. The molecule has 7 heteroatoms. The predicted molar refractivity (Wildman–Crippen MR) is 122 cm³/mol. The molecule has 1 fully saturated rings. The minimum absolute atomic E-state index is 0.0778. The molecule has 1 saturated heterocycles. The van der Waals surface area contributed by atoms with E-state index in [-0.39, 0.29) is 6.23 Å². The minimum atomic E-state index is -0.806. The number of likely N-dealkylation sites (tertiary alicyclic amines) is 1. The summed E-state index contributed by atoms with van der Waals surface area (Å²) in [6.07, 6.45) is 13.6. The molecular weight excluding hydrogens is 402 g/mol. The van der Waals surface area contributed by atoms with Crippen molar-refractivity contribution in [3.05, 3.63) is 59.6 Å². The first-order valence-electron chi connectivity index (χ1n) is 11.0. The van der Waals surface area contributed by atoms with Crippen molar-refractivity contribution >= 4 is 12.4 Å². The predicted octanol–water partition coefficient (Wildman–Crippen LogP) is 1.96. The summed E-state index contributed by atoms with van der Waals surface area (Å²) < 4.78 is 7.53. The van der Waals surface area contributed by atoms with Crippen LogP contribution < -0.4 is 10.6 Å². The van der Waals surface area contributed by atoms with Gasteiger partial charge in [-0.3, -0.25) is 19.6 Å². The number of fused-ring (bicyclic) bond motifs is 1. The van der Waals surface area contributed by atoms with Crippen LogP contribution >= 0.6 is 0 Å². The minimum Gasteiger partial charge on any atom is -0.366 e. The molecule has 1 unspecified atom stereocenters. The van der Waals surface area contributed by atoms with Crippen molar-refractivity contribution in [2.45, 2.75) is 31.0 Å². The van der Waals surface area contributed by atoms with Gasteiger partial charge in [0.15, 0.2) is 0 Å². The number of carbonyl (C=O) groups excluding carboxylic acids is 1. The maximum atomic E-state index is 12.5. The van der Waals surface area contributed by atoms with E-state index in [0.29, 0.717) is 6.54 Å². The summed E-state index contributed by atoms with van der Waals surface area (Å²) >= 11 is 0. The van der Waals surface area contributed by atoms with Crippen molar-refractivity contribution < 1.29 is 9.53 Å². The molecule has 2 aliphatic heterocycles. The molecule has 0 radical (unpaired) electrons. The second-order valence-corrected chi connectivity index (χ2v) is 8.55. The van der Waals surface area contributed by atoms with Crippen molar-refractivity contribution in [2.24, 2.45) is 12.0 Å². The van der Waals surface area contributed by atoms with Crippen LogP contribution in [0.1, 0.15) is 19.3 Å². The Kier molecular flexibility index (Phi) is 5.45. The Labute approximate surface area is 187 Å². The van der Waals surface area contributed by atoms with E-state index in [2.05, 4.69) is 45.3 Å². The third kappa shape index (κ3) is 3.57. The van der Waals surface area contributed by atoms with E-state index in [9.17, 15) is 4.79 Å². The molecule has 5 rings (SSSR count). The van der Waals surface area contributed by atoms with Crippen molar-refractivity contribution in [3.8, 4) is 22.3 Å². The van der Waals surface area contributed by atoms with Crippen LogP contribution in [0.2, 0.25) is 0 Å². The van der Waals surface area contributed by atoms with Gasteiger partial charge in [-0.2, -0.15) is 5.10 Å². The molecule has 0 bridgehead atoms. The lowest BCUT2D eigenvalue weighted by molar-refractivity contribution is -0.129. The van der Waals surface area contributed by atoms with E-state index < -0.39 is 5.54 Å². The van der Waals surface area contributed by atoms with E-state index in [4.69, 9.17) is 9.73 Å². The molecule has 0 amide bonds. The van der Waals surface area contributed by atoms with Crippen LogP contribution in [0.25, 0.3) is 28.3 Å². The van der Waals surface area contributed by atoms with E-state index >= 15 is 0 Å². The lowest BCUT2D eigenvalue weighted by Gasteiger charge is -2.44. The van der Waals surface area contributed by atoms with Gasteiger partial charge in [0, 0.05) is 49.4 Å². The molecule has 1 aromatic carbocycles. The molecule has 3 aromatic rings. The Morgan fingerprint density at radius 3 is 2.62 bits per heavy atom. The summed E-state index contributed by atoms with van der Waals surface area (Å²) in [5.41, 5.74) is 3.38. The van der Waals surface area contributed by atoms with Crippen molar-refractivity contribution in [1.29, 1.82) is 0 Å². The fraction of sp³-hybridized carbons (Fsp3) is 0.360. The quantitative estimate of drug-likeness (QED) is 0.580. The number of carbonyl (C=O) groups is 1.